The minimum absolute atomic E-state index is 0.167. The number of rotatable bonds is 4. The Morgan fingerprint density at radius 2 is 2.05 bits per heavy atom. The highest BCUT2D eigenvalue weighted by molar-refractivity contribution is 7.17. The minimum atomic E-state index is -0.616. The molecular weight excluding hydrogens is 272 g/mol. The summed E-state index contributed by atoms with van der Waals surface area (Å²) in [4.78, 5) is 13.7. The maximum atomic E-state index is 11.5. The van der Waals surface area contributed by atoms with E-state index in [2.05, 4.69) is 0 Å². The Bertz CT molecular complexity index is 672. The van der Waals surface area contributed by atoms with Gasteiger partial charge in [0.1, 0.15) is 15.9 Å². The van der Waals surface area contributed by atoms with E-state index >= 15 is 0 Å². The molecular formula is C14H14N4OS. The first-order valence-corrected chi connectivity index (χ1v) is 6.73. The van der Waals surface area contributed by atoms with E-state index in [1.165, 1.54) is 11.3 Å². The van der Waals surface area contributed by atoms with Gasteiger partial charge in [0.25, 0.3) is 5.91 Å². The second kappa shape index (κ2) is 5.63. The zero-order valence-electron chi connectivity index (χ0n) is 11.0. The summed E-state index contributed by atoms with van der Waals surface area (Å²) in [5.41, 5.74) is 12.7. The summed E-state index contributed by atoms with van der Waals surface area (Å²) in [6.45, 7) is 0.603. The number of nitriles is 1. The Morgan fingerprint density at radius 1 is 1.40 bits per heavy atom. The van der Waals surface area contributed by atoms with Crippen molar-refractivity contribution in [1.29, 1.82) is 5.26 Å². The van der Waals surface area contributed by atoms with Crippen molar-refractivity contribution in [1.82, 2.24) is 0 Å². The van der Waals surface area contributed by atoms with Crippen LogP contribution in [0.4, 0.5) is 10.7 Å². The van der Waals surface area contributed by atoms with E-state index < -0.39 is 5.91 Å². The lowest BCUT2D eigenvalue weighted by Crippen LogP contribution is -2.21. The Morgan fingerprint density at radius 3 is 2.60 bits per heavy atom. The highest BCUT2D eigenvalue weighted by Crippen LogP contribution is 2.37. The highest BCUT2D eigenvalue weighted by atomic mass is 32.1. The highest BCUT2D eigenvalue weighted by Gasteiger charge is 2.22. The third-order valence-electron chi connectivity index (χ3n) is 2.88. The van der Waals surface area contributed by atoms with Gasteiger partial charge < -0.3 is 16.4 Å². The molecule has 20 heavy (non-hydrogen) atoms. The summed E-state index contributed by atoms with van der Waals surface area (Å²) < 4.78 is 0. The summed E-state index contributed by atoms with van der Waals surface area (Å²) in [6, 6.07) is 11.8. The molecule has 1 aromatic carbocycles. The lowest BCUT2D eigenvalue weighted by molar-refractivity contribution is 0.100. The number of nitrogens with zero attached hydrogens (tertiary/aromatic N) is 2. The molecule has 0 aliphatic heterocycles. The molecule has 6 heteroatoms. The van der Waals surface area contributed by atoms with Gasteiger partial charge in [-0.05, 0) is 5.56 Å². The predicted molar refractivity (Wildman–Crippen MR) is 80.5 cm³/mol. The fourth-order valence-corrected chi connectivity index (χ4v) is 2.93. The fraction of sp³-hybridized carbons (Fsp3) is 0.143. The number of amides is 1. The van der Waals surface area contributed by atoms with Gasteiger partial charge in [0.15, 0.2) is 0 Å². The number of nitrogen functional groups attached to an aromatic ring is 1. The first kappa shape index (κ1) is 13.9. The van der Waals surface area contributed by atoms with Crippen molar-refractivity contribution in [2.75, 3.05) is 17.7 Å². The maximum absolute atomic E-state index is 11.5. The molecule has 0 aliphatic rings. The molecule has 0 atom stereocenters. The fourth-order valence-electron chi connectivity index (χ4n) is 1.95. The summed E-state index contributed by atoms with van der Waals surface area (Å²) in [5, 5.41) is 9.64. The maximum Gasteiger partial charge on any atom is 0.253 e. The number of hydrogen-bond donors (Lipinski definition) is 2. The zero-order valence-corrected chi connectivity index (χ0v) is 11.8. The van der Waals surface area contributed by atoms with Crippen molar-refractivity contribution in [2.24, 2.45) is 5.73 Å². The predicted octanol–water partition coefficient (Wildman–Crippen LogP) is 1.94. The lowest BCUT2D eigenvalue weighted by atomic mass is 10.2. The van der Waals surface area contributed by atoms with Crippen LogP contribution in [0.1, 0.15) is 20.8 Å². The zero-order chi connectivity index (χ0) is 14.7. The molecule has 102 valence electrons. The van der Waals surface area contributed by atoms with Gasteiger partial charge in [0, 0.05) is 13.6 Å². The molecule has 1 aromatic heterocycles. The Kier molecular flexibility index (Phi) is 3.91. The molecule has 2 aromatic rings. The number of anilines is 2. The van der Waals surface area contributed by atoms with E-state index in [1.807, 2.05) is 48.3 Å². The molecule has 2 rings (SSSR count). The largest absolute Gasteiger partial charge is 0.396 e. The first-order chi connectivity index (χ1) is 9.54. The van der Waals surface area contributed by atoms with Gasteiger partial charge in [-0.2, -0.15) is 5.26 Å². The van der Waals surface area contributed by atoms with Crippen LogP contribution < -0.4 is 16.4 Å². The number of benzene rings is 1. The summed E-state index contributed by atoms with van der Waals surface area (Å²) in [5.74, 6) is -0.616. The molecule has 4 N–H and O–H groups in total. The topological polar surface area (TPSA) is 96.1 Å². The van der Waals surface area contributed by atoms with E-state index in [1.54, 1.807) is 0 Å². The monoisotopic (exact) mass is 286 g/mol. The smallest absolute Gasteiger partial charge is 0.253 e. The molecule has 1 amide bonds. The van der Waals surface area contributed by atoms with E-state index in [-0.39, 0.29) is 11.3 Å². The number of nitrogens with two attached hydrogens (primary N) is 2. The van der Waals surface area contributed by atoms with Gasteiger partial charge in [-0.25, -0.2) is 0 Å². The molecule has 0 spiro atoms. The minimum Gasteiger partial charge on any atom is -0.396 e. The van der Waals surface area contributed by atoms with Crippen LogP contribution in [0.25, 0.3) is 0 Å². The van der Waals surface area contributed by atoms with Crippen LogP contribution in [-0.2, 0) is 6.54 Å². The molecule has 0 fully saturated rings. The normalized spacial score (nSPS) is 10.0. The molecule has 0 radical (unpaired) electrons. The van der Waals surface area contributed by atoms with Gasteiger partial charge in [0.05, 0.1) is 11.3 Å². The van der Waals surface area contributed by atoms with Crippen molar-refractivity contribution < 1.29 is 4.79 Å². The van der Waals surface area contributed by atoms with Crippen LogP contribution in [0.5, 0.6) is 0 Å². The van der Waals surface area contributed by atoms with Crippen LogP contribution in [0.2, 0.25) is 0 Å². The Hall–Kier alpha value is -2.52. The van der Waals surface area contributed by atoms with E-state index in [4.69, 9.17) is 16.7 Å². The van der Waals surface area contributed by atoms with Gasteiger partial charge in [-0.15, -0.1) is 11.3 Å². The van der Waals surface area contributed by atoms with Gasteiger partial charge >= 0.3 is 0 Å². The van der Waals surface area contributed by atoms with E-state index in [0.29, 0.717) is 16.4 Å². The van der Waals surface area contributed by atoms with Crippen LogP contribution >= 0.6 is 11.3 Å². The van der Waals surface area contributed by atoms with E-state index in [9.17, 15) is 4.79 Å². The van der Waals surface area contributed by atoms with Crippen LogP contribution in [0, 0.1) is 11.3 Å². The molecule has 0 aliphatic carbocycles. The summed E-state index contributed by atoms with van der Waals surface area (Å²) >= 11 is 1.18. The Labute approximate surface area is 121 Å². The van der Waals surface area contributed by atoms with Gasteiger partial charge in [0.2, 0.25) is 0 Å². The van der Waals surface area contributed by atoms with Crippen molar-refractivity contribution in [2.45, 2.75) is 6.54 Å². The SMILES string of the molecule is CN(Cc1ccccc1)c1sc(C#N)c(N)c1C(N)=O. The number of carbonyl (C=O) groups excluding carboxylic acids is 1. The second-order valence-electron chi connectivity index (χ2n) is 4.34. The van der Waals surface area contributed by atoms with Crippen molar-refractivity contribution in [3.63, 3.8) is 0 Å². The summed E-state index contributed by atoms with van der Waals surface area (Å²) in [7, 11) is 1.84. The number of primary amides is 1. The number of hydrogen-bond acceptors (Lipinski definition) is 5. The first-order valence-electron chi connectivity index (χ1n) is 5.91. The second-order valence-corrected chi connectivity index (χ2v) is 5.34. The lowest BCUT2D eigenvalue weighted by Gasteiger charge is -2.18. The number of carbonyl (C=O) groups is 1. The van der Waals surface area contributed by atoms with Crippen LogP contribution in [0.3, 0.4) is 0 Å². The molecule has 0 saturated carbocycles. The Balaban J connectivity index is 2.37. The van der Waals surface area contributed by atoms with Gasteiger partial charge in [-0.3, -0.25) is 4.79 Å². The average molecular weight is 286 g/mol. The molecule has 5 nitrogen and oxygen atoms in total. The van der Waals surface area contributed by atoms with Crippen molar-refractivity contribution >= 4 is 27.9 Å². The quantitative estimate of drug-likeness (QED) is 0.897. The third-order valence-corrected chi connectivity index (χ3v) is 4.11. The molecule has 0 unspecified atom stereocenters. The molecule has 0 saturated heterocycles. The molecule has 1 heterocycles. The van der Waals surface area contributed by atoms with Crippen molar-refractivity contribution in [3.8, 4) is 6.07 Å². The summed E-state index contributed by atoms with van der Waals surface area (Å²) in [6.07, 6.45) is 0. The molecule has 0 bridgehead atoms. The number of thiophene rings is 1. The van der Waals surface area contributed by atoms with Crippen LogP contribution in [-0.4, -0.2) is 13.0 Å². The van der Waals surface area contributed by atoms with E-state index in [0.717, 1.165) is 5.56 Å². The van der Waals surface area contributed by atoms with Crippen LogP contribution in [0.15, 0.2) is 30.3 Å². The average Bonchev–Trinajstić information content (AvgIpc) is 2.77. The van der Waals surface area contributed by atoms with Gasteiger partial charge in [-0.1, -0.05) is 30.3 Å². The van der Waals surface area contributed by atoms with Crippen molar-refractivity contribution in [3.05, 3.63) is 46.3 Å². The third kappa shape index (κ3) is 2.58. The standard InChI is InChI=1S/C14H14N4OS/c1-18(8-9-5-3-2-4-6-9)14-11(13(17)19)12(16)10(7-15)20-14/h2-6H,8,16H2,1H3,(H2,17,19).